The van der Waals surface area contributed by atoms with Gasteiger partial charge in [-0.05, 0) is 23.6 Å². The molecule has 0 saturated carbocycles. The third-order valence-corrected chi connectivity index (χ3v) is 2.73. The fourth-order valence-corrected chi connectivity index (χ4v) is 1.64. The molecule has 0 aliphatic heterocycles. The second kappa shape index (κ2) is 6.77. The Morgan fingerprint density at radius 3 is 2.44 bits per heavy atom. The maximum atomic E-state index is 11.5. The molecular formula is C14H18N2O2. The molecule has 18 heavy (non-hydrogen) atoms. The van der Waals surface area contributed by atoms with Crippen LogP contribution in [0.2, 0.25) is 0 Å². The summed E-state index contributed by atoms with van der Waals surface area (Å²) in [5, 5.41) is 11.9. The van der Waals surface area contributed by atoms with Gasteiger partial charge in [0.25, 0.3) is 0 Å². The molecule has 1 aromatic carbocycles. The monoisotopic (exact) mass is 246 g/mol. The van der Waals surface area contributed by atoms with Crippen LogP contribution in [0.15, 0.2) is 24.3 Å². The predicted octanol–water partition coefficient (Wildman–Crippen LogP) is 1.85. The van der Waals surface area contributed by atoms with Crippen molar-refractivity contribution in [2.75, 3.05) is 7.11 Å². The van der Waals surface area contributed by atoms with Crippen molar-refractivity contribution in [3.05, 3.63) is 35.4 Å². The molecule has 1 rings (SSSR count). The molecule has 1 N–H and O–H groups in total. The Kier molecular flexibility index (Phi) is 5.34. The van der Waals surface area contributed by atoms with Gasteiger partial charge in [0.15, 0.2) is 0 Å². The van der Waals surface area contributed by atoms with Crippen LogP contribution in [-0.2, 0) is 16.1 Å². The first kappa shape index (κ1) is 14.2. The Balaban J connectivity index is 2.61. The van der Waals surface area contributed by atoms with Crippen molar-refractivity contribution < 1.29 is 9.53 Å². The largest absolute Gasteiger partial charge is 0.468 e. The number of nitrogens with one attached hydrogen (secondary N) is 1. The summed E-state index contributed by atoms with van der Waals surface area (Å²) >= 11 is 0. The van der Waals surface area contributed by atoms with Crippen LogP contribution in [0.1, 0.15) is 25.0 Å². The van der Waals surface area contributed by atoms with Gasteiger partial charge in [-0.25, -0.2) is 0 Å². The molecule has 0 radical (unpaired) electrons. The Labute approximate surface area is 108 Å². The molecule has 0 aliphatic carbocycles. The van der Waals surface area contributed by atoms with E-state index < -0.39 is 0 Å². The van der Waals surface area contributed by atoms with E-state index in [1.807, 2.05) is 26.0 Å². The molecule has 0 unspecified atom stereocenters. The lowest BCUT2D eigenvalue weighted by Gasteiger charge is -2.19. The van der Waals surface area contributed by atoms with Crippen molar-refractivity contribution >= 4 is 5.97 Å². The van der Waals surface area contributed by atoms with Gasteiger partial charge in [0.2, 0.25) is 0 Å². The van der Waals surface area contributed by atoms with Gasteiger partial charge >= 0.3 is 5.97 Å². The Morgan fingerprint density at radius 1 is 1.39 bits per heavy atom. The molecule has 1 aromatic rings. The third kappa shape index (κ3) is 3.86. The minimum absolute atomic E-state index is 0.163. The van der Waals surface area contributed by atoms with Crippen LogP contribution in [0.3, 0.4) is 0 Å². The second-order valence-electron chi connectivity index (χ2n) is 4.43. The van der Waals surface area contributed by atoms with E-state index in [-0.39, 0.29) is 17.9 Å². The van der Waals surface area contributed by atoms with E-state index in [1.165, 1.54) is 7.11 Å². The average molecular weight is 246 g/mol. The first-order chi connectivity index (χ1) is 8.58. The van der Waals surface area contributed by atoms with Crippen LogP contribution in [0.25, 0.3) is 0 Å². The van der Waals surface area contributed by atoms with Crippen molar-refractivity contribution in [2.24, 2.45) is 5.92 Å². The normalized spacial score (nSPS) is 11.9. The molecule has 96 valence electrons. The first-order valence-electron chi connectivity index (χ1n) is 5.88. The maximum Gasteiger partial charge on any atom is 0.323 e. The molecule has 0 saturated heterocycles. The highest BCUT2D eigenvalue weighted by molar-refractivity contribution is 5.75. The van der Waals surface area contributed by atoms with Crippen molar-refractivity contribution in [2.45, 2.75) is 26.4 Å². The number of rotatable bonds is 5. The number of hydrogen-bond acceptors (Lipinski definition) is 4. The summed E-state index contributed by atoms with van der Waals surface area (Å²) < 4.78 is 4.75. The molecule has 0 aromatic heterocycles. The molecule has 0 aliphatic rings. The number of esters is 1. The molecule has 4 nitrogen and oxygen atoms in total. The summed E-state index contributed by atoms with van der Waals surface area (Å²) in [6.07, 6.45) is 0. The maximum absolute atomic E-state index is 11.5. The van der Waals surface area contributed by atoms with Gasteiger partial charge in [-0.15, -0.1) is 0 Å². The highest BCUT2D eigenvalue weighted by atomic mass is 16.5. The zero-order valence-corrected chi connectivity index (χ0v) is 10.9. The zero-order valence-electron chi connectivity index (χ0n) is 10.9. The fraction of sp³-hybridized carbons (Fsp3) is 0.429. The van der Waals surface area contributed by atoms with Crippen LogP contribution in [-0.4, -0.2) is 19.1 Å². The number of nitrogens with zero attached hydrogens (tertiary/aromatic N) is 1. The van der Waals surface area contributed by atoms with Crippen molar-refractivity contribution in [3.8, 4) is 6.07 Å². The first-order valence-corrected chi connectivity index (χ1v) is 5.88. The zero-order chi connectivity index (χ0) is 13.5. The number of benzene rings is 1. The van der Waals surface area contributed by atoms with Crippen molar-refractivity contribution in [1.82, 2.24) is 5.32 Å². The van der Waals surface area contributed by atoms with Gasteiger partial charge in [0, 0.05) is 6.54 Å². The van der Waals surface area contributed by atoms with Crippen LogP contribution < -0.4 is 5.32 Å². The van der Waals surface area contributed by atoms with Gasteiger partial charge in [0.05, 0.1) is 18.7 Å². The van der Waals surface area contributed by atoms with Gasteiger partial charge in [-0.3, -0.25) is 4.79 Å². The quantitative estimate of drug-likeness (QED) is 0.805. The lowest BCUT2D eigenvalue weighted by Crippen LogP contribution is -2.41. The Morgan fingerprint density at radius 2 is 2.00 bits per heavy atom. The average Bonchev–Trinajstić information content (AvgIpc) is 2.39. The van der Waals surface area contributed by atoms with Crippen LogP contribution in [0.4, 0.5) is 0 Å². The molecule has 0 fully saturated rings. The molecule has 4 heteroatoms. The van der Waals surface area contributed by atoms with E-state index in [1.54, 1.807) is 12.1 Å². The molecule has 0 bridgehead atoms. The topological polar surface area (TPSA) is 62.1 Å². The lowest BCUT2D eigenvalue weighted by atomic mass is 10.0. The summed E-state index contributed by atoms with van der Waals surface area (Å²) in [5.74, 6) is -0.0884. The number of methoxy groups -OCH3 is 1. The van der Waals surface area contributed by atoms with E-state index in [9.17, 15) is 4.79 Å². The van der Waals surface area contributed by atoms with Crippen LogP contribution in [0, 0.1) is 17.2 Å². The molecule has 0 heterocycles. The third-order valence-electron chi connectivity index (χ3n) is 2.73. The van der Waals surface area contributed by atoms with Gasteiger partial charge in [-0.2, -0.15) is 5.26 Å². The second-order valence-corrected chi connectivity index (χ2v) is 4.43. The fourth-order valence-electron chi connectivity index (χ4n) is 1.64. The van der Waals surface area contributed by atoms with Gasteiger partial charge < -0.3 is 10.1 Å². The standard InChI is InChI=1S/C14H18N2O2/c1-10(2)13(14(17)18-3)16-9-12-6-4-11(8-15)5-7-12/h4-7,10,13,16H,9H2,1-3H3/t13-/m0/s1. The molecule has 0 amide bonds. The smallest absolute Gasteiger partial charge is 0.323 e. The van der Waals surface area contributed by atoms with E-state index in [0.29, 0.717) is 12.1 Å². The Hall–Kier alpha value is -1.86. The minimum Gasteiger partial charge on any atom is -0.468 e. The molecule has 1 atom stereocenters. The van der Waals surface area contributed by atoms with Crippen molar-refractivity contribution in [3.63, 3.8) is 0 Å². The van der Waals surface area contributed by atoms with E-state index in [0.717, 1.165) is 5.56 Å². The highest BCUT2D eigenvalue weighted by Gasteiger charge is 2.21. The summed E-state index contributed by atoms with van der Waals surface area (Å²) in [6, 6.07) is 9.03. The van der Waals surface area contributed by atoms with E-state index >= 15 is 0 Å². The summed E-state index contributed by atoms with van der Waals surface area (Å²) in [4.78, 5) is 11.5. The van der Waals surface area contributed by atoms with Crippen molar-refractivity contribution in [1.29, 1.82) is 5.26 Å². The number of carbonyl (C=O) groups excluding carboxylic acids is 1. The minimum atomic E-state index is -0.314. The van der Waals surface area contributed by atoms with Crippen LogP contribution >= 0.6 is 0 Å². The van der Waals surface area contributed by atoms with Gasteiger partial charge in [0.1, 0.15) is 6.04 Å². The molecular weight excluding hydrogens is 228 g/mol. The van der Waals surface area contributed by atoms with E-state index in [2.05, 4.69) is 11.4 Å². The Bertz CT molecular complexity index is 432. The SMILES string of the molecule is COC(=O)[C@@H](NCc1ccc(C#N)cc1)C(C)C. The number of carbonyl (C=O) groups is 1. The summed E-state index contributed by atoms with van der Waals surface area (Å²) in [6.45, 7) is 4.50. The highest BCUT2D eigenvalue weighted by Crippen LogP contribution is 2.07. The number of hydrogen-bond donors (Lipinski definition) is 1. The summed E-state index contributed by atoms with van der Waals surface area (Å²) in [5.41, 5.74) is 1.66. The predicted molar refractivity (Wildman–Crippen MR) is 68.6 cm³/mol. The van der Waals surface area contributed by atoms with E-state index in [4.69, 9.17) is 10.00 Å². The lowest BCUT2D eigenvalue weighted by molar-refractivity contribution is -0.144. The van der Waals surface area contributed by atoms with Crippen LogP contribution in [0.5, 0.6) is 0 Å². The summed E-state index contributed by atoms with van der Waals surface area (Å²) in [7, 11) is 1.39. The van der Waals surface area contributed by atoms with Gasteiger partial charge in [-0.1, -0.05) is 26.0 Å². The molecule has 0 spiro atoms. The number of ether oxygens (including phenoxy) is 1. The number of nitriles is 1.